The predicted molar refractivity (Wildman–Crippen MR) is 78.3 cm³/mol. The average molecular weight is 232 g/mol. The molecule has 0 atom stereocenters. The van der Waals surface area contributed by atoms with Gasteiger partial charge in [0.05, 0.1) is 0 Å². The quantitative estimate of drug-likeness (QED) is 0.746. The van der Waals surface area contributed by atoms with E-state index < -0.39 is 0 Å². The van der Waals surface area contributed by atoms with Gasteiger partial charge in [0.2, 0.25) is 0 Å². The highest BCUT2D eigenvalue weighted by Crippen LogP contribution is 2.12. The maximum atomic E-state index is 2.33. The molecule has 0 N–H and O–H groups in total. The SMILES string of the molecule is C(=Cc1ccccc1)C1=c2ccccc2=CCC1. The van der Waals surface area contributed by atoms with Crippen LogP contribution in [0.1, 0.15) is 18.4 Å². The molecule has 0 heteroatoms. The van der Waals surface area contributed by atoms with E-state index in [4.69, 9.17) is 0 Å². The van der Waals surface area contributed by atoms with Gasteiger partial charge in [0, 0.05) is 0 Å². The van der Waals surface area contributed by atoms with Gasteiger partial charge in [0.25, 0.3) is 0 Å². The first-order valence-electron chi connectivity index (χ1n) is 6.45. The Labute approximate surface area is 108 Å². The third kappa shape index (κ3) is 2.28. The lowest BCUT2D eigenvalue weighted by molar-refractivity contribution is 1.09. The molecule has 0 fully saturated rings. The van der Waals surface area contributed by atoms with Gasteiger partial charge in [-0.15, -0.1) is 0 Å². The molecule has 0 amide bonds. The molecule has 3 rings (SSSR count). The second kappa shape index (κ2) is 5.05. The monoisotopic (exact) mass is 232 g/mol. The van der Waals surface area contributed by atoms with E-state index >= 15 is 0 Å². The van der Waals surface area contributed by atoms with E-state index in [1.54, 1.807) is 0 Å². The highest BCUT2D eigenvalue weighted by Gasteiger charge is 2.00. The number of hydrogen-bond donors (Lipinski definition) is 0. The fraction of sp³-hybridized carbons (Fsp3) is 0.111. The maximum Gasteiger partial charge on any atom is -0.0155 e. The number of allylic oxidation sites excluding steroid dienone is 1. The molecule has 0 heterocycles. The minimum atomic E-state index is 1.14. The number of benzene rings is 2. The van der Waals surface area contributed by atoms with Crippen molar-refractivity contribution in [3.63, 3.8) is 0 Å². The summed E-state index contributed by atoms with van der Waals surface area (Å²) in [4.78, 5) is 0. The van der Waals surface area contributed by atoms with E-state index in [0.717, 1.165) is 12.8 Å². The fourth-order valence-electron chi connectivity index (χ4n) is 2.42. The standard InChI is InChI=1S/C18H16/c1-2-7-15(8-3-1)13-14-17-11-6-10-16-9-4-5-12-18(16)17/h1-5,7-10,12-14H,6,11H2. The normalized spacial score (nSPS) is 14.3. The average Bonchev–Trinajstić information content (AvgIpc) is 2.46. The second-order valence-corrected chi connectivity index (χ2v) is 4.60. The third-order valence-electron chi connectivity index (χ3n) is 3.36. The summed E-state index contributed by atoms with van der Waals surface area (Å²) < 4.78 is 0. The molecule has 0 aliphatic heterocycles. The number of hydrogen-bond acceptors (Lipinski definition) is 0. The van der Waals surface area contributed by atoms with Crippen LogP contribution in [0.3, 0.4) is 0 Å². The van der Waals surface area contributed by atoms with E-state index in [-0.39, 0.29) is 0 Å². The van der Waals surface area contributed by atoms with Crippen molar-refractivity contribution >= 4 is 17.7 Å². The van der Waals surface area contributed by atoms with Crippen molar-refractivity contribution in [3.05, 3.63) is 76.7 Å². The van der Waals surface area contributed by atoms with Gasteiger partial charge in [-0.1, -0.05) is 72.8 Å². The Bertz CT molecular complexity index is 675. The second-order valence-electron chi connectivity index (χ2n) is 4.60. The fourth-order valence-corrected chi connectivity index (χ4v) is 2.42. The third-order valence-corrected chi connectivity index (χ3v) is 3.36. The molecule has 0 radical (unpaired) electrons. The van der Waals surface area contributed by atoms with Crippen molar-refractivity contribution in [2.45, 2.75) is 12.8 Å². The summed E-state index contributed by atoms with van der Waals surface area (Å²) >= 11 is 0. The zero-order valence-corrected chi connectivity index (χ0v) is 10.3. The minimum absolute atomic E-state index is 1.14. The molecule has 2 aromatic rings. The van der Waals surface area contributed by atoms with Crippen LogP contribution in [0.15, 0.2) is 60.7 Å². The lowest BCUT2D eigenvalue weighted by atomic mass is 9.99. The van der Waals surface area contributed by atoms with Crippen LogP contribution in [0.4, 0.5) is 0 Å². The summed E-state index contributed by atoms with van der Waals surface area (Å²) in [6, 6.07) is 19.1. The van der Waals surface area contributed by atoms with E-state index in [0.29, 0.717) is 0 Å². The van der Waals surface area contributed by atoms with Crippen molar-refractivity contribution in [2.75, 3.05) is 0 Å². The molecule has 0 saturated heterocycles. The topological polar surface area (TPSA) is 0 Å². The number of fused-ring (bicyclic) bond motifs is 1. The summed E-state index contributed by atoms with van der Waals surface area (Å²) in [6.45, 7) is 0. The van der Waals surface area contributed by atoms with Crippen LogP contribution >= 0.6 is 0 Å². The van der Waals surface area contributed by atoms with Crippen LogP contribution < -0.4 is 10.4 Å². The predicted octanol–water partition coefficient (Wildman–Crippen LogP) is 3.13. The van der Waals surface area contributed by atoms with Gasteiger partial charge in [0.1, 0.15) is 0 Å². The molecule has 18 heavy (non-hydrogen) atoms. The molecular formula is C18H16. The van der Waals surface area contributed by atoms with Gasteiger partial charge >= 0.3 is 0 Å². The number of rotatable bonds is 2. The molecule has 0 unspecified atom stereocenters. The van der Waals surface area contributed by atoms with Crippen molar-refractivity contribution in [3.8, 4) is 0 Å². The Morgan fingerprint density at radius 3 is 2.44 bits per heavy atom. The van der Waals surface area contributed by atoms with Gasteiger partial charge in [-0.25, -0.2) is 0 Å². The maximum absolute atomic E-state index is 2.33. The van der Waals surface area contributed by atoms with Gasteiger partial charge in [-0.2, -0.15) is 0 Å². The van der Waals surface area contributed by atoms with E-state index in [1.807, 2.05) is 0 Å². The minimum Gasteiger partial charge on any atom is -0.0763 e. The van der Waals surface area contributed by atoms with E-state index in [9.17, 15) is 0 Å². The van der Waals surface area contributed by atoms with Crippen molar-refractivity contribution in [2.24, 2.45) is 0 Å². The molecule has 0 nitrogen and oxygen atoms in total. The molecule has 2 aromatic carbocycles. The van der Waals surface area contributed by atoms with Crippen molar-refractivity contribution in [1.29, 1.82) is 0 Å². The summed E-state index contributed by atoms with van der Waals surface area (Å²) in [5, 5.41) is 2.76. The lowest BCUT2D eigenvalue weighted by Gasteiger charge is -2.06. The Hall–Kier alpha value is -2.08. The summed E-state index contributed by atoms with van der Waals surface area (Å²) in [7, 11) is 0. The Kier molecular flexibility index (Phi) is 3.10. The van der Waals surface area contributed by atoms with E-state index in [1.165, 1.54) is 21.6 Å². The van der Waals surface area contributed by atoms with Gasteiger partial charge in [-0.05, 0) is 34.4 Å². The molecule has 1 aliphatic carbocycles. The smallest absolute Gasteiger partial charge is 0.0155 e. The van der Waals surface area contributed by atoms with Crippen LogP contribution in [0, 0.1) is 0 Å². The first-order chi connectivity index (χ1) is 8.93. The van der Waals surface area contributed by atoms with Crippen molar-refractivity contribution in [1.82, 2.24) is 0 Å². The van der Waals surface area contributed by atoms with Crippen LogP contribution in [0.2, 0.25) is 0 Å². The Morgan fingerprint density at radius 1 is 0.778 bits per heavy atom. The van der Waals surface area contributed by atoms with Gasteiger partial charge in [0.15, 0.2) is 0 Å². The first-order valence-corrected chi connectivity index (χ1v) is 6.45. The molecule has 1 aliphatic rings. The zero-order valence-electron chi connectivity index (χ0n) is 10.3. The Morgan fingerprint density at radius 2 is 1.56 bits per heavy atom. The molecular weight excluding hydrogens is 216 g/mol. The van der Waals surface area contributed by atoms with Crippen LogP contribution in [0.5, 0.6) is 0 Å². The van der Waals surface area contributed by atoms with Gasteiger partial charge in [-0.3, -0.25) is 0 Å². The summed E-state index contributed by atoms with van der Waals surface area (Å²) in [5.41, 5.74) is 2.70. The lowest BCUT2D eigenvalue weighted by Crippen LogP contribution is -2.28. The first kappa shape index (κ1) is 11.0. The largest absolute Gasteiger partial charge is 0.0763 e. The molecule has 0 bridgehead atoms. The van der Waals surface area contributed by atoms with Crippen molar-refractivity contribution < 1.29 is 0 Å². The van der Waals surface area contributed by atoms with Crippen LogP contribution in [-0.2, 0) is 0 Å². The van der Waals surface area contributed by atoms with Crippen LogP contribution in [-0.4, -0.2) is 0 Å². The molecule has 0 spiro atoms. The summed E-state index contributed by atoms with van der Waals surface area (Å²) in [6.07, 6.45) is 9.08. The Balaban J connectivity index is 2.04. The summed E-state index contributed by atoms with van der Waals surface area (Å²) in [5.74, 6) is 0. The van der Waals surface area contributed by atoms with Crippen LogP contribution in [0.25, 0.3) is 17.7 Å². The highest BCUT2D eigenvalue weighted by molar-refractivity contribution is 5.68. The highest BCUT2D eigenvalue weighted by atomic mass is 14.0. The zero-order chi connectivity index (χ0) is 12.2. The van der Waals surface area contributed by atoms with E-state index in [2.05, 4.69) is 72.8 Å². The van der Waals surface area contributed by atoms with Gasteiger partial charge < -0.3 is 0 Å². The molecule has 0 saturated carbocycles. The molecule has 0 aromatic heterocycles. The molecule has 88 valence electrons.